The first-order chi connectivity index (χ1) is 26.3. The van der Waals surface area contributed by atoms with Crippen LogP contribution in [0, 0.1) is 29.1 Å². The smallest absolute Gasteiger partial charge is 0.427 e. The lowest BCUT2D eigenvalue weighted by Crippen LogP contribution is -2.48. The monoisotopic (exact) mass is 822 g/mol. The molecule has 3 fully saturated rings. The molecule has 1 N–H and O–H groups in total. The molecule has 56 heavy (non-hydrogen) atoms. The van der Waals surface area contributed by atoms with Gasteiger partial charge < -0.3 is 14.4 Å². The van der Waals surface area contributed by atoms with E-state index in [0.29, 0.717) is 38.5 Å². The highest BCUT2D eigenvalue weighted by Crippen LogP contribution is 2.57. The molecule has 2 saturated carbocycles. The summed E-state index contributed by atoms with van der Waals surface area (Å²) in [5.74, 6) is -4.74. The molecule has 4 heterocycles. The van der Waals surface area contributed by atoms with Crippen molar-refractivity contribution >= 4 is 44.9 Å². The molecule has 2 aromatic heterocycles. The van der Waals surface area contributed by atoms with Crippen LogP contribution in [-0.2, 0) is 33.9 Å². The Labute approximate surface area is 329 Å². The third-order valence-electron chi connectivity index (χ3n) is 11.6. The molecule has 306 valence electrons. The van der Waals surface area contributed by atoms with E-state index in [1.807, 2.05) is 31.4 Å². The van der Waals surface area contributed by atoms with Gasteiger partial charge in [0.05, 0.1) is 35.6 Å². The predicted molar refractivity (Wildman–Crippen MR) is 200 cm³/mol. The highest BCUT2D eigenvalue weighted by Gasteiger charge is 2.62. The van der Waals surface area contributed by atoms with Crippen molar-refractivity contribution in [2.75, 3.05) is 6.54 Å². The second-order valence-electron chi connectivity index (χ2n) is 16.3. The van der Waals surface area contributed by atoms with E-state index in [1.165, 1.54) is 16.2 Å². The molecule has 2 amide bonds. The Morgan fingerprint density at radius 1 is 1.11 bits per heavy atom. The summed E-state index contributed by atoms with van der Waals surface area (Å²) in [5, 5.41) is 1.93. The second kappa shape index (κ2) is 16.2. The number of aromatic nitrogens is 2. The molecule has 4 aliphatic rings. The normalized spacial score (nSPS) is 29.7. The van der Waals surface area contributed by atoms with E-state index in [1.54, 1.807) is 24.5 Å². The zero-order chi connectivity index (χ0) is 40.6. The molecule has 2 aromatic rings. The maximum Gasteiger partial charge on any atom is 0.427 e. The number of allylic oxidation sites excluding steroid dienone is 2. The van der Waals surface area contributed by atoms with E-state index in [4.69, 9.17) is 9.47 Å². The van der Waals surface area contributed by atoms with Gasteiger partial charge in [-0.1, -0.05) is 32.4 Å². The van der Waals surface area contributed by atoms with E-state index in [-0.39, 0.29) is 37.6 Å². The van der Waals surface area contributed by atoms with Crippen LogP contribution < -0.4 is 9.46 Å². The molecule has 17 heteroatoms. The van der Waals surface area contributed by atoms with Crippen molar-refractivity contribution in [3.05, 3.63) is 42.1 Å². The van der Waals surface area contributed by atoms with Crippen molar-refractivity contribution in [3.63, 3.8) is 0 Å². The lowest BCUT2D eigenvalue weighted by atomic mass is 9.79. The van der Waals surface area contributed by atoms with Gasteiger partial charge in [0.1, 0.15) is 11.1 Å². The Balaban J connectivity index is 1.32. The molecule has 0 radical (unpaired) electrons. The quantitative estimate of drug-likeness (QED) is 0.209. The maximum absolute atomic E-state index is 14.8. The zero-order valence-electron chi connectivity index (χ0n) is 31.9. The van der Waals surface area contributed by atoms with E-state index in [2.05, 4.69) is 14.7 Å². The first-order valence-corrected chi connectivity index (χ1v) is 21.6. The van der Waals surface area contributed by atoms with E-state index in [0.717, 1.165) is 24.4 Å². The minimum atomic E-state index is -4.86. The number of ether oxygens (including phenoxy) is 2. The highest BCUT2D eigenvalue weighted by molar-refractivity contribution is 7.90. The molecular formula is C39H49F3N4O8S2. The van der Waals surface area contributed by atoms with Gasteiger partial charge in [0, 0.05) is 42.2 Å². The topological polar surface area (TPSA) is 162 Å². The van der Waals surface area contributed by atoms with Crippen molar-refractivity contribution in [2.24, 2.45) is 29.1 Å². The van der Waals surface area contributed by atoms with Crippen LogP contribution in [0.2, 0.25) is 0 Å². The number of amides is 2. The number of esters is 1. The number of hydrogen-bond donors (Lipinski definition) is 1. The Bertz CT molecular complexity index is 1920. The Morgan fingerprint density at radius 2 is 1.86 bits per heavy atom. The Hall–Kier alpha value is -3.86. The molecule has 2 aliphatic heterocycles. The fourth-order valence-corrected chi connectivity index (χ4v) is 9.93. The zero-order valence-corrected chi connectivity index (χ0v) is 33.6. The minimum absolute atomic E-state index is 0.00449. The van der Waals surface area contributed by atoms with E-state index in [9.17, 15) is 40.8 Å². The summed E-state index contributed by atoms with van der Waals surface area (Å²) in [7, 11) is -3.92. The molecular weight excluding hydrogens is 774 g/mol. The first kappa shape index (κ1) is 41.8. The van der Waals surface area contributed by atoms with Gasteiger partial charge in [-0.25, -0.2) is 18.4 Å². The number of sulfonamides is 1. The van der Waals surface area contributed by atoms with Gasteiger partial charge in [-0.05, 0) is 76.2 Å². The maximum atomic E-state index is 14.8. The SMILES string of the molecule is CC[C@@H]1C[C@H](C)CC/C=C\[C@@H]2C[C@@]2(C(=O)NS(=O)(=O)C2CC2)CC(=O)[C@@H]2C[C@@H](Oc3ccc(-c4nccs4)cn3)CN2C(=O)[C@H]1CC(=O)OC(C)(C)C(F)(F)F. The molecule has 12 nitrogen and oxygen atoms in total. The van der Waals surface area contributed by atoms with Crippen LogP contribution in [0.3, 0.4) is 0 Å². The van der Waals surface area contributed by atoms with Crippen molar-refractivity contribution in [1.82, 2.24) is 19.6 Å². The summed E-state index contributed by atoms with van der Waals surface area (Å²) in [6.07, 6.45) is 3.78. The van der Waals surface area contributed by atoms with Crippen molar-refractivity contribution in [2.45, 2.75) is 121 Å². The molecule has 6 rings (SSSR count). The molecule has 2 aliphatic carbocycles. The molecule has 1 saturated heterocycles. The summed E-state index contributed by atoms with van der Waals surface area (Å²) in [5.41, 5.74) is -3.38. The lowest BCUT2D eigenvalue weighted by molar-refractivity contribution is -0.257. The molecule has 7 atom stereocenters. The number of fused-ring (bicyclic) bond motifs is 2. The van der Waals surface area contributed by atoms with Gasteiger partial charge in [0.15, 0.2) is 5.78 Å². The first-order valence-electron chi connectivity index (χ1n) is 19.2. The number of hydrogen-bond acceptors (Lipinski definition) is 11. The summed E-state index contributed by atoms with van der Waals surface area (Å²) in [6, 6.07) is 2.29. The number of Topliss-reactive ketones (excluding diaryl/α,β-unsaturated/α-hetero) is 1. The van der Waals surface area contributed by atoms with Gasteiger partial charge in [0.2, 0.25) is 33.3 Å². The Morgan fingerprint density at radius 3 is 2.48 bits per heavy atom. The standard InChI is InChI=1S/C39H49F3N4O8S2/c1-5-24-16-23(2)8-6-7-9-26-19-38(26,36(50)45-56(51,52)28-11-12-28)20-31(47)30-17-27(53-32-13-10-25(21-44-32)34-43-14-15-55-34)22-46(30)35(49)29(24)18-33(48)54-37(3,4)39(40,41)42/h7,9-10,13-15,21,23-24,26-30H,5-6,8,11-12,16-20,22H2,1-4H3,(H,45,50)/b9-7-/t23-,24-,26-,27-,29+,30+,38-/m1/s1. The average molecular weight is 823 g/mol. The molecule has 0 unspecified atom stereocenters. The number of ketones is 1. The van der Waals surface area contributed by atoms with Crippen molar-refractivity contribution in [1.29, 1.82) is 0 Å². The van der Waals surface area contributed by atoms with Crippen molar-refractivity contribution in [3.8, 4) is 16.5 Å². The summed E-state index contributed by atoms with van der Waals surface area (Å²) >= 11 is 1.44. The molecule has 0 aromatic carbocycles. The fourth-order valence-electron chi connectivity index (χ4n) is 7.92. The predicted octanol–water partition coefficient (Wildman–Crippen LogP) is 6.42. The van der Waals surface area contributed by atoms with Crippen LogP contribution in [-0.4, -0.2) is 82.6 Å². The van der Waals surface area contributed by atoms with Crippen LogP contribution in [0.4, 0.5) is 13.2 Å². The number of halogens is 3. The van der Waals surface area contributed by atoms with Crippen LogP contribution >= 0.6 is 11.3 Å². The number of nitrogens with zero attached hydrogens (tertiary/aromatic N) is 3. The van der Waals surface area contributed by atoms with Gasteiger partial charge in [-0.2, -0.15) is 13.2 Å². The van der Waals surface area contributed by atoms with Gasteiger partial charge in [-0.3, -0.25) is 23.9 Å². The number of nitrogens with one attached hydrogen (secondary N) is 1. The third-order valence-corrected chi connectivity index (χ3v) is 14.3. The minimum Gasteiger partial charge on any atom is -0.472 e. The number of thiazole rings is 1. The van der Waals surface area contributed by atoms with Crippen LogP contribution in [0.1, 0.15) is 91.9 Å². The number of carbonyl (C=O) groups is 4. The summed E-state index contributed by atoms with van der Waals surface area (Å²) in [6.45, 7) is 5.24. The highest BCUT2D eigenvalue weighted by atomic mass is 32.2. The van der Waals surface area contributed by atoms with Crippen LogP contribution in [0.5, 0.6) is 5.88 Å². The number of rotatable bonds is 10. The van der Waals surface area contributed by atoms with E-state index >= 15 is 0 Å². The molecule has 0 bridgehead atoms. The number of carbonyl (C=O) groups excluding carboxylic acids is 4. The van der Waals surface area contributed by atoms with Gasteiger partial charge >= 0.3 is 12.1 Å². The second-order valence-corrected chi connectivity index (χ2v) is 19.2. The Kier molecular flexibility index (Phi) is 12.1. The van der Waals surface area contributed by atoms with Gasteiger partial charge in [0.25, 0.3) is 0 Å². The number of pyridine rings is 1. The fraction of sp³-hybridized carbons (Fsp3) is 0.641. The van der Waals surface area contributed by atoms with Crippen LogP contribution in [0.15, 0.2) is 42.1 Å². The third kappa shape index (κ3) is 9.29. The lowest BCUT2D eigenvalue weighted by Gasteiger charge is -2.34. The average Bonchev–Trinajstić information content (AvgIpc) is 3.99. The van der Waals surface area contributed by atoms with Gasteiger partial charge in [-0.15, -0.1) is 11.3 Å². The van der Waals surface area contributed by atoms with E-state index < -0.39 is 92.4 Å². The summed E-state index contributed by atoms with van der Waals surface area (Å²) in [4.78, 5) is 66.4. The van der Waals surface area contributed by atoms with Crippen LogP contribution in [0.25, 0.3) is 10.6 Å². The van der Waals surface area contributed by atoms with Crippen molar-refractivity contribution < 1.29 is 50.2 Å². The number of alkyl halides is 3. The largest absolute Gasteiger partial charge is 0.472 e. The molecule has 0 spiro atoms. The summed E-state index contributed by atoms with van der Waals surface area (Å²) < 4.78 is 80.4.